The van der Waals surface area contributed by atoms with Crippen molar-refractivity contribution in [3.63, 3.8) is 0 Å². The van der Waals surface area contributed by atoms with E-state index in [-0.39, 0.29) is 0 Å². The molecular formula is C7H11BrN2. The normalized spacial score (nSPS) is 10.2. The Morgan fingerprint density at radius 3 is 3.00 bits per heavy atom. The van der Waals surface area contributed by atoms with Gasteiger partial charge >= 0.3 is 0 Å². The molecule has 0 spiro atoms. The van der Waals surface area contributed by atoms with Gasteiger partial charge in [0, 0.05) is 5.69 Å². The zero-order chi connectivity index (χ0) is 7.40. The summed E-state index contributed by atoms with van der Waals surface area (Å²) in [6.45, 7) is 2.18. The molecule has 0 aliphatic carbocycles. The molecule has 1 N–H and O–H groups in total. The van der Waals surface area contributed by atoms with Crippen molar-refractivity contribution < 1.29 is 0 Å². The highest BCUT2D eigenvalue weighted by Crippen LogP contribution is 2.12. The highest BCUT2D eigenvalue weighted by molar-refractivity contribution is 9.10. The van der Waals surface area contributed by atoms with Crippen molar-refractivity contribution in [3.05, 3.63) is 16.6 Å². The van der Waals surface area contributed by atoms with Crippen molar-refractivity contribution in [2.45, 2.75) is 26.2 Å². The lowest BCUT2D eigenvalue weighted by Crippen LogP contribution is -1.84. The maximum Gasteiger partial charge on any atom is 0.127 e. The first-order valence-electron chi connectivity index (χ1n) is 3.52. The summed E-state index contributed by atoms with van der Waals surface area (Å²) in [6, 6.07) is 0. The summed E-state index contributed by atoms with van der Waals surface area (Å²) < 4.78 is 0.959. The van der Waals surface area contributed by atoms with Crippen LogP contribution in [0, 0.1) is 0 Å². The molecule has 3 heteroatoms. The quantitative estimate of drug-likeness (QED) is 0.803. The number of aromatic nitrogens is 2. The standard InChI is InChI=1S/C7H11BrN2/c1-2-3-4-6-7(8)10-5-9-6/h5H,2-4H2,1H3,(H,9,10). The minimum Gasteiger partial charge on any atom is -0.348 e. The Hall–Kier alpha value is -0.310. The molecule has 0 saturated carbocycles. The monoisotopic (exact) mass is 202 g/mol. The first-order chi connectivity index (χ1) is 4.84. The minimum atomic E-state index is 0.959. The second-order valence-electron chi connectivity index (χ2n) is 2.28. The largest absolute Gasteiger partial charge is 0.348 e. The number of aromatic amines is 1. The van der Waals surface area contributed by atoms with Crippen LogP contribution in [0.2, 0.25) is 0 Å². The van der Waals surface area contributed by atoms with Gasteiger partial charge in [0.05, 0.1) is 6.33 Å². The molecule has 0 atom stereocenters. The van der Waals surface area contributed by atoms with Crippen molar-refractivity contribution >= 4 is 15.9 Å². The van der Waals surface area contributed by atoms with Crippen LogP contribution in [0.5, 0.6) is 0 Å². The summed E-state index contributed by atoms with van der Waals surface area (Å²) in [5.74, 6) is 0. The van der Waals surface area contributed by atoms with Crippen molar-refractivity contribution in [3.8, 4) is 0 Å². The molecule has 0 aliphatic heterocycles. The fourth-order valence-electron chi connectivity index (χ4n) is 0.833. The predicted molar refractivity (Wildman–Crippen MR) is 44.9 cm³/mol. The van der Waals surface area contributed by atoms with Gasteiger partial charge in [0.1, 0.15) is 4.60 Å². The molecular weight excluding hydrogens is 192 g/mol. The van der Waals surface area contributed by atoms with E-state index >= 15 is 0 Å². The Kier molecular flexibility index (Phi) is 2.93. The molecule has 10 heavy (non-hydrogen) atoms. The average molecular weight is 203 g/mol. The lowest BCUT2D eigenvalue weighted by molar-refractivity contribution is 0.778. The van der Waals surface area contributed by atoms with Crippen LogP contribution in [-0.2, 0) is 6.42 Å². The van der Waals surface area contributed by atoms with Gasteiger partial charge in [-0.15, -0.1) is 0 Å². The first kappa shape index (κ1) is 7.79. The van der Waals surface area contributed by atoms with Crippen molar-refractivity contribution in [2.75, 3.05) is 0 Å². The average Bonchev–Trinajstić information content (AvgIpc) is 2.31. The summed E-state index contributed by atoms with van der Waals surface area (Å²) >= 11 is 3.35. The van der Waals surface area contributed by atoms with Crippen LogP contribution >= 0.6 is 15.9 Å². The number of hydrogen-bond donors (Lipinski definition) is 1. The number of imidazole rings is 1. The van der Waals surface area contributed by atoms with Crippen LogP contribution < -0.4 is 0 Å². The van der Waals surface area contributed by atoms with Crippen LogP contribution in [0.4, 0.5) is 0 Å². The number of rotatable bonds is 3. The van der Waals surface area contributed by atoms with Gasteiger partial charge in [0.15, 0.2) is 0 Å². The highest BCUT2D eigenvalue weighted by Gasteiger charge is 1.99. The van der Waals surface area contributed by atoms with Crippen LogP contribution in [-0.4, -0.2) is 9.97 Å². The number of H-pyrrole nitrogens is 1. The van der Waals surface area contributed by atoms with Gasteiger partial charge in [0.25, 0.3) is 0 Å². The molecule has 0 aliphatic rings. The maximum absolute atomic E-state index is 4.03. The molecule has 1 aromatic heterocycles. The van der Waals surface area contributed by atoms with Gasteiger partial charge in [-0.2, -0.15) is 0 Å². The van der Waals surface area contributed by atoms with E-state index in [0.29, 0.717) is 0 Å². The third kappa shape index (κ3) is 1.84. The Balaban J connectivity index is 2.49. The summed E-state index contributed by atoms with van der Waals surface area (Å²) in [5.41, 5.74) is 1.21. The number of hydrogen-bond acceptors (Lipinski definition) is 1. The summed E-state index contributed by atoms with van der Waals surface area (Å²) in [7, 11) is 0. The van der Waals surface area contributed by atoms with Gasteiger partial charge < -0.3 is 4.98 Å². The van der Waals surface area contributed by atoms with Gasteiger partial charge in [0.2, 0.25) is 0 Å². The van der Waals surface area contributed by atoms with Crippen LogP contribution in [0.25, 0.3) is 0 Å². The van der Waals surface area contributed by atoms with Crippen molar-refractivity contribution in [1.29, 1.82) is 0 Å². The van der Waals surface area contributed by atoms with E-state index in [1.165, 1.54) is 18.5 Å². The molecule has 0 fully saturated rings. The van der Waals surface area contributed by atoms with E-state index in [0.717, 1.165) is 11.0 Å². The lowest BCUT2D eigenvalue weighted by Gasteiger charge is -1.93. The van der Waals surface area contributed by atoms with E-state index in [2.05, 4.69) is 32.8 Å². The zero-order valence-electron chi connectivity index (χ0n) is 6.02. The van der Waals surface area contributed by atoms with Gasteiger partial charge in [-0.25, -0.2) is 4.98 Å². The molecule has 1 heterocycles. The second kappa shape index (κ2) is 3.76. The van der Waals surface area contributed by atoms with E-state index in [4.69, 9.17) is 0 Å². The topological polar surface area (TPSA) is 28.7 Å². The number of halogens is 1. The number of nitrogens with one attached hydrogen (secondary N) is 1. The molecule has 2 nitrogen and oxygen atoms in total. The first-order valence-corrected chi connectivity index (χ1v) is 4.31. The van der Waals surface area contributed by atoms with E-state index in [1.54, 1.807) is 6.33 Å². The molecule has 1 rings (SSSR count). The summed E-state index contributed by atoms with van der Waals surface area (Å²) in [4.78, 5) is 7.11. The molecule has 0 radical (unpaired) electrons. The van der Waals surface area contributed by atoms with Gasteiger partial charge in [-0.3, -0.25) is 0 Å². The maximum atomic E-state index is 4.03. The zero-order valence-corrected chi connectivity index (χ0v) is 7.61. The highest BCUT2D eigenvalue weighted by atomic mass is 79.9. The molecule has 56 valence electrons. The van der Waals surface area contributed by atoms with E-state index in [9.17, 15) is 0 Å². The third-order valence-corrected chi connectivity index (χ3v) is 2.13. The number of unbranched alkanes of at least 4 members (excludes halogenated alkanes) is 1. The molecule has 0 unspecified atom stereocenters. The fourth-order valence-corrected chi connectivity index (χ4v) is 1.25. The number of aryl methyl sites for hydroxylation is 1. The second-order valence-corrected chi connectivity index (χ2v) is 3.03. The Labute approximate surface area is 69.2 Å². The summed E-state index contributed by atoms with van der Waals surface area (Å²) in [5, 5.41) is 0. The SMILES string of the molecule is CCCCc1[nH]cnc1Br. The Morgan fingerprint density at radius 1 is 1.70 bits per heavy atom. The smallest absolute Gasteiger partial charge is 0.127 e. The third-order valence-electron chi connectivity index (χ3n) is 1.45. The van der Waals surface area contributed by atoms with Crippen LogP contribution in [0.1, 0.15) is 25.5 Å². The summed E-state index contributed by atoms with van der Waals surface area (Å²) in [6.07, 6.45) is 5.26. The fraction of sp³-hybridized carbons (Fsp3) is 0.571. The molecule has 0 amide bonds. The van der Waals surface area contributed by atoms with E-state index < -0.39 is 0 Å². The Bertz CT molecular complexity index is 195. The Morgan fingerprint density at radius 2 is 2.50 bits per heavy atom. The van der Waals surface area contributed by atoms with Crippen LogP contribution in [0.3, 0.4) is 0 Å². The van der Waals surface area contributed by atoms with Crippen LogP contribution in [0.15, 0.2) is 10.9 Å². The van der Waals surface area contributed by atoms with Gasteiger partial charge in [-0.1, -0.05) is 13.3 Å². The molecule has 0 saturated heterocycles. The van der Waals surface area contributed by atoms with Gasteiger partial charge in [-0.05, 0) is 28.8 Å². The lowest BCUT2D eigenvalue weighted by atomic mass is 10.2. The molecule has 0 aromatic carbocycles. The minimum absolute atomic E-state index is 0.959. The molecule has 1 aromatic rings. The molecule has 0 bridgehead atoms. The number of nitrogens with zero attached hydrogens (tertiary/aromatic N) is 1. The van der Waals surface area contributed by atoms with E-state index in [1.807, 2.05) is 0 Å². The van der Waals surface area contributed by atoms with Crippen molar-refractivity contribution in [1.82, 2.24) is 9.97 Å². The predicted octanol–water partition coefficient (Wildman–Crippen LogP) is 2.51. The van der Waals surface area contributed by atoms with Crippen molar-refractivity contribution in [2.24, 2.45) is 0 Å².